The van der Waals surface area contributed by atoms with E-state index in [-0.39, 0.29) is 12.7 Å². The van der Waals surface area contributed by atoms with Crippen LogP contribution >= 0.6 is 11.6 Å². The standard InChI is InChI=1S/C26H28ClNO4/c1-3-5-9-25(23-8-6-7-22(28-23)19-10-12-20(27)13-11-19)32-21-14-15-24(18(4-2)16-21)31-17-26(29)30/h6-8,10-16,25H,3-5,9,17H2,1-2H3,(H,29,30). The molecule has 2 aromatic carbocycles. The van der Waals surface area contributed by atoms with Crippen LogP contribution in [0.2, 0.25) is 5.02 Å². The van der Waals surface area contributed by atoms with Gasteiger partial charge >= 0.3 is 5.97 Å². The normalized spacial score (nSPS) is 11.7. The van der Waals surface area contributed by atoms with Crippen molar-refractivity contribution in [2.75, 3.05) is 6.61 Å². The number of carbonyl (C=O) groups is 1. The van der Waals surface area contributed by atoms with E-state index in [0.29, 0.717) is 22.9 Å². The van der Waals surface area contributed by atoms with Gasteiger partial charge in [-0.05, 0) is 67.3 Å². The number of pyridine rings is 1. The lowest BCUT2D eigenvalue weighted by Crippen LogP contribution is -2.12. The second-order valence-electron chi connectivity index (χ2n) is 7.51. The van der Waals surface area contributed by atoms with Crippen LogP contribution in [0.4, 0.5) is 0 Å². The lowest BCUT2D eigenvalue weighted by molar-refractivity contribution is -0.139. The van der Waals surface area contributed by atoms with Gasteiger partial charge in [0.05, 0.1) is 11.4 Å². The number of aliphatic carboxylic acids is 1. The fourth-order valence-electron chi connectivity index (χ4n) is 3.42. The molecule has 6 heteroatoms. The highest BCUT2D eigenvalue weighted by molar-refractivity contribution is 6.30. The molecule has 32 heavy (non-hydrogen) atoms. The van der Waals surface area contributed by atoms with Crippen LogP contribution in [0, 0.1) is 0 Å². The fourth-order valence-corrected chi connectivity index (χ4v) is 3.54. The van der Waals surface area contributed by atoms with Crippen molar-refractivity contribution in [3.63, 3.8) is 0 Å². The number of carboxylic acid groups (broad SMARTS) is 1. The molecule has 168 valence electrons. The molecule has 1 unspecified atom stereocenters. The Hall–Kier alpha value is -3.05. The number of aryl methyl sites for hydroxylation is 1. The van der Waals surface area contributed by atoms with Crippen molar-refractivity contribution < 1.29 is 19.4 Å². The van der Waals surface area contributed by atoms with Gasteiger partial charge in [0, 0.05) is 10.6 Å². The topological polar surface area (TPSA) is 68.7 Å². The first-order chi connectivity index (χ1) is 15.5. The van der Waals surface area contributed by atoms with Crippen molar-refractivity contribution >= 4 is 17.6 Å². The maximum absolute atomic E-state index is 10.8. The number of benzene rings is 2. The molecule has 0 amide bonds. The van der Waals surface area contributed by atoms with Crippen molar-refractivity contribution in [3.05, 3.63) is 76.9 Å². The number of hydrogen-bond acceptors (Lipinski definition) is 4. The fraction of sp³-hybridized carbons (Fsp3) is 0.308. The van der Waals surface area contributed by atoms with Gasteiger partial charge in [-0.15, -0.1) is 0 Å². The van der Waals surface area contributed by atoms with Crippen molar-refractivity contribution in [2.45, 2.75) is 45.6 Å². The zero-order valence-electron chi connectivity index (χ0n) is 18.4. The number of aromatic nitrogens is 1. The van der Waals surface area contributed by atoms with Crippen LogP contribution in [0.25, 0.3) is 11.3 Å². The largest absolute Gasteiger partial charge is 0.484 e. The average molecular weight is 454 g/mol. The molecule has 3 rings (SSSR count). The van der Waals surface area contributed by atoms with E-state index in [2.05, 4.69) is 6.92 Å². The highest BCUT2D eigenvalue weighted by Gasteiger charge is 2.17. The van der Waals surface area contributed by atoms with Gasteiger partial charge in [-0.2, -0.15) is 0 Å². The highest BCUT2D eigenvalue weighted by atomic mass is 35.5. The van der Waals surface area contributed by atoms with Gasteiger partial charge in [-0.1, -0.05) is 50.1 Å². The lowest BCUT2D eigenvalue weighted by Gasteiger charge is -2.20. The summed E-state index contributed by atoms with van der Waals surface area (Å²) in [5.74, 6) is 0.276. The van der Waals surface area contributed by atoms with E-state index in [0.717, 1.165) is 41.8 Å². The molecule has 5 nitrogen and oxygen atoms in total. The van der Waals surface area contributed by atoms with E-state index < -0.39 is 5.97 Å². The molecule has 3 aromatic rings. The Balaban J connectivity index is 1.85. The number of ether oxygens (including phenoxy) is 2. The molecule has 1 N–H and O–H groups in total. The predicted molar refractivity (Wildman–Crippen MR) is 127 cm³/mol. The van der Waals surface area contributed by atoms with Crippen LogP contribution in [0.3, 0.4) is 0 Å². The Morgan fingerprint density at radius 3 is 2.56 bits per heavy atom. The second kappa shape index (κ2) is 11.5. The molecule has 0 radical (unpaired) electrons. The SMILES string of the molecule is CCCCC(Oc1ccc(OCC(=O)O)c(CC)c1)c1cccc(-c2ccc(Cl)cc2)n1. The third-order valence-electron chi connectivity index (χ3n) is 5.10. The van der Waals surface area contributed by atoms with E-state index in [4.69, 9.17) is 31.2 Å². The zero-order chi connectivity index (χ0) is 22.9. The van der Waals surface area contributed by atoms with Gasteiger partial charge in [-0.25, -0.2) is 9.78 Å². The minimum atomic E-state index is -1.00. The molecule has 1 aromatic heterocycles. The summed E-state index contributed by atoms with van der Waals surface area (Å²) >= 11 is 6.02. The van der Waals surface area contributed by atoms with Crippen LogP contribution in [0.1, 0.15) is 50.5 Å². The molecule has 0 aliphatic carbocycles. The summed E-state index contributed by atoms with van der Waals surface area (Å²) in [6.07, 6.45) is 3.41. The first-order valence-electron chi connectivity index (χ1n) is 10.9. The molecular formula is C26H28ClNO4. The van der Waals surface area contributed by atoms with E-state index in [1.165, 1.54) is 0 Å². The molecule has 0 saturated carbocycles. The summed E-state index contributed by atoms with van der Waals surface area (Å²) < 4.78 is 11.8. The third-order valence-corrected chi connectivity index (χ3v) is 5.35. The van der Waals surface area contributed by atoms with Gasteiger partial charge in [0.15, 0.2) is 6.61 Å². The Bertz CT molecular complexity index is 1040. The zero-order valence-corrected chi connectivity index (χ0v) is 19.1. The van der Waals surface area contributed by atoms with Crippen LogP contribution in [0.5, 0.6) is 11.5 Å². The smallest absolute Gasteiger partial charge is 0.341 e. The number of hydrogen-bond donors (Lipinski definition) is 1. The average Bonchev–Trinajstić information content (AvgIpc) is 2.81. The van der Waals surface area contributed by atoms with E-state index in [1.807, 2.05) is 61.5 Å². The summed E-state index contributed by atoms with van der Waals surface area (Å²) in [5, 5.41) is 9.57. The number of halogens is 1. The van der Waals surface area contributed by atoms with Gasteiger partial charge in [0.25, 0.3) is 0 Å². The summed E-state index contributed by atoms with van der Waals surface area (Å²) in [6, 6.07) is 19.1. The van der Waals surface area contributed by atoms with Gasteiger partial charge < -0.3 is 14.6 Å². The number of nitrogens with zero attached hydrogens (tertiary/aromatic N) is 1. The molecule has 0 aliphatic heterocycles. The van der Waals surface area contributed by atoms with Gasteiger partial charge in [-0.3, -0.25) is 0 Å². The highest BCUT2D eigenvalue weighted by Crippen LogP contribution is 2.31. The second-order valence-corrected chi connectivity index (χ2v) is 7.95. The van der Waals surface area contributed by atoms with Gasteiger partial charge in [0.1, 0.15) is 17.6 Å². The first-order valence-corrected chi connectivity index (χ1v) is 11.2. The van der Waals surface area contributed by atoms with Crippen molar-refractivity contribution in [1.82, 2.24) is 4.98 Å². The monoisotopic (exact) mass is 453 g/mol. The summed E-state index contributed by atoms with van der Waals surface area (Å²) in [5.41, 5.74) is 3.64. The van der Waals surface area contributed by atoms with Crippen LogP contribution < -0.4 is 9.47 Å². The molecule has 0 fully saturated rings. The quantitative estimate of drug-likeness (QED) is 0.348. The number of unbranched alkanes of at least 4 members (excludes halogenated alkanes) is 1. The number of rotatable bonds is 11. The van der Waals surface area contributed by atoms with Crippen molar-refractivity contribution in [1.29, 1.82) is 0 Å². The minimum Gasteiger partial charge on any atom is -0.484 e. The molecule has 0 saturated heterocycles. The van der Waals surface area contributed by atoms with E-state index in [9.17, 15) is 4.79 Å². The molecule has 0 aliphatic rings. The summed E-state index contributed by atoms with van der Waals surface area (Å²) in [7, 11) is 0. The Labute approximate surface area is 194 Å². The maximum Gasteiger partial charge on any atom is 0.341 e. The minimum absolute atomic E-state index is 0.197. The Kier molecular flexibility index (Phi) is 8.51. The number of carboxylic acids is 1. The van der Waals surface area contributed by atoms with E-state index in [1.54, 1.807) is 6.07 Å². The van der Waals surface area contributed by atoms with Crippen molar-refractivity contribution in [3.8, 4) is 22.8 Å². The van der Waals surface area contributed by atoms with Crippen LogP contribution in [0.15, 0.2) is 60.7 Å². The van der Waals surface area contributed by atoms with Crippen molar-refractivity contribution in [2.24, 2.45) is 0 Å². The molecule has 0 bridgehead atoms. The summed E-state index contributed by atoms with van der Waals surface area (Å²) in [4.78, 5) is 15.7. The van der Waals surface area contributed by atoms with Crippen LogP contribution in [-0.4, -0.2) is 22.7 Å². The Morgan fingerprint density at radius 2 is 1.88 bits per heavy atom. The molecule has 1 heterocycles. The Morgan fingerprint density at radius 1 is 1.09 bits per heavy atom. The predicted octanol–water partition coefficient (Wildman–Crippen LogP) is 6.74. The third kappa shape index (κ3) is 6.47. The van der Waals surface area contributed by atoms with Gasteiger partial charge in [0.2, 0.25) is 0 Å². The van der Waals surface area contributed by atoms with E-state index >= 15 is 0 Å². The molecule has 0 spiro atoms. The molecular weight excluding hydrogens is 426 g/mol. The van der Waals surface area contributed by atoms with Crippen LogP contribution in [-0.2, 0) is 11.2 Å². The first kappa shape index (κ1) is 23.6. The lowest BCUT2D eigenvalue weighted by atomic mass is 10.1. The molecule has 1 atom stereocenters. The maximum atomic E-state index is 10.8. The summed E-state index contributed by atoms with van der Waals surface area (Å²) in [6.45, 7) is 3.78.